The van der Waals surface area contributed by atoms with E-state index >= 15 is 0 Å². The summed E-state index contributed by atoms with van der Waals surface area (Å²) in [7, 11) is 1.70. The fourth-order valence-electron chi connectivity index (χ4n) is 4.18. The molecule has 2 atom stereocenters. The first-order valence-corrected chi connectivity index (χ1v) is 8.59. The third-order valence-corrected chi connectivity index (χ3v) is 5.32. The molecule has 1 aromatic rings. The second-order valence-corrected chi connectivity index (χ2v) is 6.77. The minimum Gasteiger partial charge on any atom is -0.385 e. The first-order chi connectivity index (χ1) is 10.8. The fourth-order valence-corrected chi connectivity index (χ4v) is 4.18. The zero-order valence-electron chi connectivity index (χ0n) is 13.5. The minimum atomic E-state index is 0.293. The smallest absolute Gasteiger partial charge is 0.136 e. The molecule has 22 heavy (non-hydrogen) atoms. The van der Waals surface area contributed by atoms with Gasteiger partial charge in [-0.1, -0.05) is 30.3 Å². The maximum Gasteiger partial charge on any atom is 0.136 e. The molecule has 0 aliphatic carbocycles. The summed E-state index contributed by atoms with van der Waals surface area (Å²) >= 11 is 0. The Labute approximate surface area is 133 Å². The van der Waals surface area contributed by atoms with E-state index in [0.29, 0.717) is 36.8 Å². The van der Waals surface area contributed by atoms with Crippen LogP contribution in [-0.2, 0) is 16.1 Å². The van der Waals surface area contributed by atoms with Crippen LogP contribution in [0.4, 0.5) is 0 Å². The van der Waals surface area contributed by atoms with E-state index in [1.807, 2.05) is 0 Å². The van der Waals surface area contributed by atoms with Crippen molar-refractivity contribution in [2.24, 2.45) is 5.92 Å². The third kappa shape index (κ3) is 3.58. The Hall–Kier alpha value is -1.19. The highest BCUT2D eigenvalue weighted by atomic mass is 16.5. The molecule has 3 heteroatoms. The molecular formula is C19H27NO2. The van der Waals surface area contributed by atoms with Crippen molar-refractivity contribution in [3.8, 4) is 0 Å². The highest BCUT2D eigenvalue weighted by Gasteiger charge is 2.42. The Bertz CT molecular complexity index is 473. The fraction of sp³-hybridized carbons (Fsp3) is 0.632. The number of Topliss-reactive ketones (excluding diaryl/α,β-unsaturated/α-hetero) is 1. The molecule has 2 unspecified atom stereocenters. The molecule has 2 aliphatic heterocycles. The van der Waals surface area contributed by atoms with E-state index in [4.69, 9.17) is 4.74 Å². The number of ether oxygens (including phenoxy) is 1. The van der Waals surface area contributed by atoms with Gasteiger partial charge in [0.25, 0.3) is 0 Å². The Kier molecular flexibility index (Phi) is 5.27. The van der Waals surface area contributed by atoms with E-state index in [0.717, 1.165) is 25.8 Å². The number of carbonyl (C=O) groups is 1. The average Bonchev–Trinajstić information content (AvgIpc) is 2.77. The van der Waals surface area contributed by atoms with Gasteiger partial charge in [0.1, 0.15) is 5.78 Å². The van der Waals surface area contributed by atoms with Crippen molar-refractivity contribution >= 4 is 5.78 Å². The molecule has 0 N–H and O–H groups in total. The Balaban J connectivity index is 1.56. The van der Waals surface area contributed by atoms with Crippen LogP contribution in [-0.4, -0.2) is 36.5 Å². The lowest BCUT2D eigenvalue weighted by atomic mass is 9.85. The topological polar surface area (TPSA) is 29.5 Å². The summed E-state index contributed by atoms with van der Waals surface area (Å²) in [5, 5.41) is 0. The summed E-state index contributed by atoms with van der Waals surface area (Å²) in [6.07, 6.45) is 6.22. The molecule has 0 spiro atoms. The molecule has 0 aromatic heterocycles. The van der Waals surface area contributed by atoms with Crippen LogP contribution in [0.25, 0.3) is 0 Å². The minimum absolute atomic E-state index is 0.293. The van der Waals surface area contributed by atoms with Gasteiger partial charge >= 0.3 is 0 Å². The van der Waals surface area contributed by atoms with E-state index in [1.54, 1.807) is 7.11 Å². The number of ketones is 1. The summed E-state index contributed by atoms with van der Waals surface area (Å²) in [6.45, 7) is 1.74. The molecule has 2 saturated heterocycles. The van der Waals surface area contributed by atoms with E-state index in [-0.39, 0.29) is 0 Å². The van der Waals surface area contributed by atoms with E-state index in [1.165, 1.54) is 18.4 Å². The van der Waals surface area contributed by atoms with Gasteiger partial charge in [-0.15, -0.1) is 0 Å². The van der Waals surface area contributed by atoms with Crippen LogP contribution in [0.3, 0.4) is 0 Å². The summed E-state index contributed by atoms with van der Waals surface area (Å²) in [6, 6.07) is 11.9. The van der Waals surface area contributed by atoms with Crippen molar-refractivity contribution in [2.75, 3.05) is 13.7 Å². The monoisotopic (exact) mass is 301 g/mol. The zero-order valence-corrected chi connectivity index (χ0v) is 13.5. The lowest BCUT2D eigenvalue weighted by Gasteiger charge is -2.38. The number of carbonyl (C=O) groups excluding carboxylic acids is 1. The molecule has 3 rings (SSSR count). The van der Waals surface area contributed by atoms with Gasteiger partial charge in [0.05, 0.1) is 0 Å². The first-order valence-electron chi connectivity index (χ1n) is 8.59. The van der Waals surface area contributed by atoms with Gasteiger partial charge in [-0.2, -0.15) is 0 Å². The lowest BCUT2D eigenvalue weighted by molar-refractivity contribution is -0.125. The van der Waals surface area contributed by atoms with Crippen LogP contribution in [0.5, 0.6) is 0 Å². The summed E-state index contributed by atoms with van der Waals surface area (Å²) in [5.74, 6) is 0.759. The number of piperidine rings is 1. The van der Waals surface area contributed by atoms with Gasteiger partial charge in [-0.05, 0) is 37.7 Å². The van der Waals surface area contributed by atoms with Gasteiger partial charge in [0.15, 0.2) is 0 Å². The van der Waals surface area contributed by atoms with Crippen molar-refractivity contribution in [1.29, 1.82) is 0 Å². The van der Waals surface area contributed by atoms with Crippen molar-refractivity contribution in [2.45, 2.75) is 57.2 Å². The van der Waals surface area contributed by atoms with Crippen LogP contribution < -0.4 is 0 Å². The molecule has 2 fully saturated rings. The molecule has 0 amide bonds. The lowest BCUT2D eigenvalue weighted by Crippen LogP contribution is -2.44. The van der Waals surface area contributed by atoms with Crippen LogP contribution in [0.1, 0.15) is 44.1 Å². The van der Waals surface area contributed by atoms with Gasteiger partial charge in [-0.3, -0.25) is 9.69 Å². The van der Waals surface area contributed by atoms with E-state index < -0.39 is 0 Å². The molecule has 2 aliphatic rings. The number of hydrogen-bond donors (Lipinski definition) is 0. The maximum absolute atomic E-state index is 12.4. The molecule has 0 radical (unpaired) electrons. The Morgan fingerprint density at radius 3 is 2.50 bits per heavy atom. The van der Waals surface area contributed by atoms with Gasteiger partial charge in [0.2, 0.25) is 0 Å². The van der Waals surface area contributed by atoms with E-state index in [9.17, 15) is 4.79 Å². The Morgan fingerprint density at radius 1 is 1.18 bits per heavy atom. The second-order valence-electron chi connectivity index (χ2n) is 6.77. The Morgan fingerprint density at radius 2 is 1.86 bits per heavy atom. The van der Waals surface area contributed by atoms with E-state index in [2.05, 4.69) is 35.2 Å². The molecular weight excluding hydrogens is 274 g/mol. The number of methoxy groups -OCH3 is 1. The van der Waals surface area contributed by atoms with Crippen LogP contribution in [0.2, 0.25) is 0 Å². The van der Waals surface area contributed by atoms with Crippen molar-refractivity contribution in [3.05, 3.63) is 35.9 Å². The van der Waals surface area contributed by atoms with Crippen LogP contribution in [0.15, 0.2) is 30.3 Å². The number of nitrogens with zero attached hydrogens (tertiary/aromatic N) is 1. The normalized spacial score (nSPS) is 28.0. The standard InChI is InChI=1S/C19H27NO2/c1-22-11-5-8-19(21)16-12-17-9-10-18(13-16)20(17)14-15-6-3-2-4-7-15/h2-4,6-7,16-18H,5,8-14H2,1H3. The number of rotatable bonds is 7. The molecule has 3 nitrogen and oxygen atoms in total. The quantitative estimate of drug-likeness (QED) is 0.723. The predicted molar refractivity (Wildman–Crippen MR) is 87.6 cm³/mol. The SMILES string of the molecule is COCCCC(=O)C1CC2CCC(C1)N2Cc1ccccc1. The number of fused-ring (bicyclic) bond motifs is 2. The van der Waals surface area contributed by atoms with Crippen molar-refractivity contribution in [3.63, 3.8) is 0 Å². The average molecular weight is 301 g/mol. The number of hydrogen-bond acceptors (Lipinski definition) is 3. The third-order valence-electron chi connectivity index (χ3n) is 5.32. The summed E-state index contributed by atoms with van der Waals surface area (Å²) in [4.78, 5) is 15.0. The van der Waals surface area contributed by atoms with Gasteiger partial charge in [0, 0.05) is 44.7 Å². The van der Waals surface area contributed by atoms with Gasteiger partial charge < -0.3 is 4.74 Å². The van der Waals surface area contributed by atoms with Gasteiger partial charge in [-0.25, -0.2) is 0 Å². The zero-order chi connectivity index (χ0) is 15.4. The summed E-state index contributed by atoms with van der Waals surface area (Å²) in [5.41, 5.74) is 1.39. The molecule has 1 aromatic carbocycles. The maximum atomic E-state index is 12.4. The second kappa shape index (κ2) is 7.38. The first kappa shape index (κ1) is 15.7. The largest absolute Gasteiger partial charge is 0.385 e. The highest BCUT2D eigenvalue weighted by molar-refractivity contribution is 5.81. The molecule has 2 heterocycles. The summed E-state index contributed by atoms with van der Waals surface area (Å²) < 4.78 is 5.06. The molecule has 0 saturated carbocycles. The highest BCUT2D eigenvalue weighted by Crippen LogP contribution is 2.40. The van der Waals surface area contributed by atoms with Crippen molar-refractivity contribution in [1.82, 2.24) is 4.90 Å². The molecule has 120 valence electrons. The predicted octanol–water partition coefficient (Wildman–Crippen LogP) is 3.43. The molecule has 2 bridgehead atoms. The van der Waals surface area contributed by atoms with Crippen LogP contribution in [0, 0.1) is 5.92 Å². The van der Waals surface area contributed by atoms with Crippen molar-refractivity contribution < 1.29 is 9.53 Å². The number of benzene rings is 1. The van der Waals surface area contributed by atoms with Crippen LogP contribution >= 0.6 is 0 Å².